The Hall–Kier alpha value is -2.95. The normalized spacial score (nSPS) is 16.5. The average molecular weight is 334 g/mol. The van der Waals surface area contributed by atoms with E-state index in [4.69, 9.17) is 4.74 Å². The zero-order chi connectivity index (χ0) is 17.1. The fourth-order valence-electron chi connectivity index (χ4n) is 3.21. The minimum atomic E-state index is 0.143. The lowest BCUT2D eigenvalue weighted by Gasteiger charge is -2.15. The molecule has 25 heavy (non-hydrogen) atoms. The molecule has 0 saturated heterocycles. The first-order chi connectivity index (χ1) is 12.3. The van der Waals surface area contributed by atoms with E-state index in [1.165, 1.54) is 10.9 Å². The monoisotopic (exact) mass is 334 g/mol. The fourth-order valence-corrected chi connectivity index (χ4v) is 3.21. The van der Waals surface area contributed by atoms with Gasteiger partial charge in [-0.2, -0.15) is 0 Å². The SMILES string of the molecule is CN=C(NCc1cc2ccccc2[nH]1)NCC1Cc2ccccc2O1. The number of para-hydroxylation sites is 2. The van der Waals surface area contributed by atoms with Gasteiger partial charge in [0.15, 0.2) is 5.96 Å². The van der Waals surface area contributed by atoms with Crippen molar-refractivity contribution < 1.29 is 4.74 Å². The molecular weight excluding hydrogens is 312 g/mol. The smallest absolute Gasteiger partial charge is 0.191 e. The summed E-state index contributed by atoms with van der Waals surface area (Å²) in [5, 5.41) is 7.92. The first-order valence-corrected chi connectivity index (χ1v) is 8.57. The Labute approximate surface area is 147 Å². The molecule has 1 atom stereocenters. The van der Waals surface area contributed by atoms with E-state index in [0.29, 0.717) is 6.54 Å². The van der Waals surface area contributed by atoms with Crippen LogP contribution in [-0.2, 0) is 13.0 Å². The molecule has 128 valence electrons. The van der Waals surface area contributed by atoms with Crippen LogP contribution in [0.15, 0.2) is 59.6 Å². The van der Waals surface area contributed by atoms with E-state index < -0.39 is 0 Å². The van der Waals surface area contributed by atoms with E-state index in [1.54, 1.807) is 7.05 Å². The van der Waals surface area contributed by atoms with E-state index in [1.807, 2.05) is 24.3 Å². The van der Waals surface area contributed by atoms with Crippen molar-refractivity contribution in [3.63, 3.8) is 0 Å². The van der Waals surface area contributed by atoms with Crippen molar-refractivity contribution >= 4 is 16.9 Å². The van der Waals surface area contributed by atoms with Gasteiger partial charge in [0.2, 0.25) is 0 Å². The second-order valence-electron chi connectivity index (χ2n) is 6.24. The Bertz CT molecular complexity index is 841. The number of aromatic amines is 1. The van der Waals surface area contributed by atoms with Crippen molar-refractivity contribution in [3.05, 3.63) is 65.9 Å². The highest BCUT2D eigenvalue weighted by Gasteiger charge is 2.22. The van der Waals surface area contributed by atoms with Gasteiger partial charge < -0.3 is 20.4 Å². The number of nitrogens with one attached hydrogen (secondary N) is 3. The molecule has 5 nitrogen and oxygen atoms in total. The Morgan fingerprint density at radius 1 is 1.16 bits per heavy atom. The third-order valence-electron chi connectivity index (χ3n) is 4.47. The average Bonchev–Trinajstić information content (AvgIpc) is 3.24. The number of H-pyrrole nitrogens is 1. The van der Waals surface area contributed by atoms with Gasteiger partial charge in [-0.25, -0.2) is 0 Å². The standard InChI is InChI=1S/C20H22N4O/c1-21-20(22-12-16-10-14-6-2-4-8-18(14)24-16)23-13-17-11-15-7-3-5-9-19(15)25-17/h2-10,17,24H,11-13H2,1H3,(H2,21,22,23). The van der Waals surface area contributed by atoms with Crippen molar-refractivity contribution in [2.45, 2.75) is 19.1 Å². The molecule has 0 saturated carbocycles. The first-order valence-electron chi connectivity index (χ1n) is 8.57. The fraction of sp³-hybridized carbons (Fsp3) is 0.250. The van der Waals surface area contributed by atoms with Gasteiger partial charge >= 0.3 is 0 Å². The van der Waals surface area contributed by atoms with E-state index in [0.717, 1.165) is 35.9 Å². The number of benzene rings is 2. The Morgan fingerprint density at radius 3 is 2.84 bits per heavy atom. The molecule has 2 aromatic carbocycles. The molecule has 1 unspecified atom stereocenters. The summed E-state index contributed by atoms with van der Waals surface area (Å²) in [6.07, 6.45) is 1.08. The molecule has 0 radical (unpaired) electrons. The Morgan fingerprint density at radius 2 is 2.00 bits per heavy atom. The van der Waals surface area contributed by atoms with Crippen LogP contribution in [0.2, 0.25) is 0 Å². The van der Waals surface area contributed by atoms with Crippen molar-refractivity contribution in [2.75, 3.05) is 13.6 Å². The second-order valence-corrected chi connectivity index (χ2v) is 6.24. The topological polar surface area (TPSA) is 61.4 Å². The van der Waals surface area contributed by atoms with E-state index >= 15 is 0 Å². The van der Waals surface area contributed by atoms with Crippen LogP contribution in [0.25, 0.3) is 10.9 Å². The number of rotatable bonds is 4. The van der Waals surface area contributed by atoms with Gasteiger partial charge in [0.25, 0.3) is 0 Å². The van der Waals surface area contributed by atoms with Crippen molar-refractivity contribution in [2.24, 2.45) is 4.99 Å². The van der Waals surface area contributed by atoms with Crippen LogP contribution < -0.4 is 15.4 Å². The van der Waals surface area contributed by atoms with Crippen molar-refractivity contribution in [1.82, 2.24) is 15.6 Å². The molecule has 0 aliphatic carbocycles. The van der Waals surface area contributed by atoms with Gasteiger partial charge in [0.1, 0.15) is 11.9 Å². The molecule has 0 fully saturated rings. The van der Waals surface area contributed by atoms with E-state index in [-0.39, 0.29) is 6.10 Å². The van der Waals surface area contributed by atoms with Gasteiger partial charge in [-0.05, 0) is 29.1 Å². The lowest BCUT2D eigenvalue weighted by atomic mass is 10.1. The summed E-state index contributed by atoms with van der Waals surface area (Å²) in [4.78, 5) is 7.71. The van der Waals surface area contributed by atoms with E-state index in [9.17, 15) is 0 Å². The molecule has 3 aromatic rings. The molecule has 0 amide bonds. The second kappa shape index (κ2) is 6.89. The summed E-state index contributed by atoms with van der Waals surface area (Å²) in [6, 6.07) is 18.7. The van der Waals surface area contributed by atoms with Crippen LogP contribution >= 0.6 is 0 Å². The molecule has 1 aliphatic rings. The van der Waals surface area contributed by atoms with Crippen LogP contribution in [0.4, 0.5) is 0 Å². The highest BCUT2D eigenvalue weighted by molar-refractivity contribution is 5.81. The predicted molar refractivity (Wildman–Crippen MR) is 101 cm³/mol. The molecule has 5 heteroatoms. The summed E-state index contributed by atoms with van der Waals surface area (Å²) < 4.78 is 5.95. The Balaban J connectivity index is 1.30. The van der Waals surface area contributed by atoms with Crippen LogP contribution in [0, 0.1) is 0 Å². The van der Waals surface area contributed by atoms with Crippen LogP contribution in [0.3, 0.4) is 0 Å². The summed E-state index contributed by atoms with van der Waals surface area (Å²) in [6.45, 7) is 1.42. The number of fused-ring (bicyclic) bond motifs is 2. The minimum Gasteiger partial charge on any atom is -0.488 e. The van der Waals surface area contributed by atoms with Gasteiger partial charge in [-0.1, -0.05) is 36.4 Å². The third-order valence-corrected chi connectivity index (χ3v) is 4.47. The maximum absolute atomic E-state index is 5.95. The van der Waals surface area contributed by atoms with Crippen LogP contribution in [0.1, 0.15) is 11.3 Å². The summed E-state index contributed by atoms with van der Waals surface area (Å²) in [5.41, 5.74) is 3.56. The van der Waals surface area contributed by atoms with Crippen LogP contribution in [-0.4, -0.2) is 30.6 Å². The van der Waals surface area contributed by atoms with E-state index in [2.05, 4.69) is 50.9 Å². The number of aromatic nitrogens is 1. The summed E-state index contributed by atoms with van der Waals surface area (Å²) >= 11 is 0. The zero-order valence-corrected chi connectivity index (χ0v) is 14.3. The number of ether oxygens (including phenoxy) is 1. The number of aliphatic imine (C=N–C) groups is 1. The largest absolute Gasteiger partial charge is 0.488 e. The van der Waals surface area contributed by atoms with Gasteiger partial charge in [-0.15, -0.1) is 0 Å². The number of hydrogen-bond donors (Lipinski definition) is 3. The lowest BCUT2D eigenvalue weighted by molar-refractivity contribution is 0.235. The molecule has 0 bridgehead atoms. The quantitative estimate of drug-likeness (QED) is 0.508. The minimum absolute atomic E-state index is 0.143. The van der Waals surface area contributed by atoms with Crippen molar-refractivity contribution in [1.29, 1.82) is 0 Å². The highest BCUT2D eigenvalue weighted by Crippen LogP contribution is 2.27. The third kappa shape index (κ3) is 3.45. The lowest BCUT2D eigenvalue weighted by Crippen LogP contribution is -2.42. The molecule has 3 N–H and O–H groups in total. The molecular formula is C20H22N4O. The molecule has 2 heterocycles. The van der Waals surface area contributed by atoms with Gasteiger partial charge in [0.05, 0.1) is 13.1 Å². The van der Waals surface area contributed by atoms with Gasteiger partial charge in [-0.3, -0.25) is 4.99 Å². The maximum Gasteiger partial charge on any atom is 0.191 e. The molecule has 4 rings (SSSR count). The first kappa shape index (κ1) is 15.6. The summed E-state index contributed by atoms with van der Waals surface area (Å²) in [5.74, 6) is 1.77. The van der Waals surface area contributed by atoms with Crippen molar-refractivity contribution in [3.8, 4) is 5.75 Å². The number of guanidine groups is 1. The Kier molecular flexibility index (Phi) is 4.29. The molecule has 1 aromatic heterocycles. The number of nitrogens with zero attached hydrogens (tertiary/aromatic N) is 1. The van der Waals surface area contributed by atoms with Crippen LogP contribution in [0.5, 0.6) is 5.75 Å². The molecule has 0 spiro atoms. The summed E-state index contributed by atoms with van der Waals surface area (Å²) in [7, 11) is 1.78. The maximum atomic E-state index is 5.95. The number of hydrogen-bond acceptors (Lipinski definition) is 2. The zero-order valence-electron chi connectivity index (χ0n) is 14.3. The van der Waals surface area contributed by atoms with Gasteiger partial charge in [0, 0.05) is 24.7 Å². The highest BCUT2D eigenvalue weighted by atomic mass is 16.5. The predicted octanol–water partition coefficient (Wildman–Crippen LogP) is 2.84. The molecule has 1 aliphatic heterocycles.